The Morgan fingerprint density at radius 2 is 1.82 bits per heavy atom. The first-order chi connectivity index (χ1) is 10.6. The molecule has 1 N–H and O–H groups in total. The van der Waals surface area contributed by atoms with Crippen molar-refractivity contribution in [2.24, 2.45) is 5.92 Å². The van der Waals surface area contributed by atoms with Gasteiger partial charge in [-0.2, -0.15) is 0 Å². The van der Waals surface area contributed by atoms with Crippen molar-refractivity contribution in [1.82, 2.24) is 4.98 Å². The summed E-state index contributed by atoms with van der Waals surface area (Å²) in [4.78, 5) is 27.9. The molecular formula is C17H19NO4. The highest BCUT2D eigenvalue weighted by molar-refractivity contribution is 5.95. The Morgan fingerprint density at radius 3 is 2.50 bits per heavy atom. The van der Waals surface area contributed by atoms with Crippen molar-refractivity contribution in [3.8, 4) is 0 Å². The summed E-state index contributed by atoms with van der Waals surface area (Å²) >= 11 is 0. The predicted octanol–water partition coefficient (Wildman–Crippen LogP) is 2.72. The van der Waals surface area contributed by atoms with Crippen LogP contribution in [0.2, 0.25) is 0 Å². The topological polar surface area (TPSA) is 68.4 Å². The maximum absolute atomic E-state index is 12.4. The molecule has 5 heteroatoms. The molecule has 1 aliphatic carbocycles. The molecule has 0 aliphatic heterocycles. The average molecular weight is 301 g/mol. The second-order valence-corrected chi connectivity index (χ2v) is 5.77. The number of para-hydroxylation sites is 1. The van der Waals surface area contributed by atoms with Gasteiger partial charge in [-0.25, -0.2) is 0 Å². The highest BCUT2D eigenvalue weighted by Gasteiger charge is 2.44. The quantitative estimate of drug-likeness (QED) is 0.866. The Kier molecular flexibility index (Phi) is 3.64. The summed E-state index contributed by atoms with van der Waals surface area (Å²) < 4.78 is 9.87. The molecule has 1 aromatic carbocycles. The van der Waals surface area contributed by atoms with Crippen molar-refractivity contribution in [3.05, 3.63) is 35.5 Å². The zero-order chi connectivity index (χ0) is 15.9. The zero-order valence-corrected chi connectivity index (χ0v) is 12.9. The second-order valence-electron chi connectivity index (χ2n) is 5.77. The lowest BCUT2D eigenvalue weighted by Gasteiger charge is -2.31. The molecular weight excluding hydrogens is 282 g/mol. The molecule has 22 heavy (non-hydrogen) atoms. The number of carbonyl (C=O) groups is 2. The number of ether oxygens (including phenoxy) is 2. The Morgan fingerprint density at radius 1 is 1.14 bits per heavy atom. The van der Waals surface area contributed by atoms with Crippen LogP contribution < -0.4 is 0 Å². The van der Waals surface area contributed by atoms with Crippen LogP contribution in [0.4, 0.5) is 0 Å². The monoisotopic (exact) mass is 301 g/mol. The first-order valence-corrected chi connectivity index (χ1v) is 7.34. The van der Waals surface area contributed by atoms with Gasteiger partial charge in [0.15, 0.2) is 0 Å². The molecule has 0 amide bonds. The molecule has 0 bridgehead atoms. The molecule has 3 atom stereocenters. The summed E-state index contributed by atoms with van der Waals surface area (Å²) in [5.74, 6) is -1.75. The lowest BCUT2D eigenvalue weighted by molar-refractivity contribution is -0.154. The largest absolute Gasteiger partial charge is 0.469 e. The van der Waals surface area contributed by atoms with Gasteiger partial charge in [-0.1, -0.05) is 25.1 Å². The minimum atomic E-state index is -0.625. The first-order valence-electron chi connectivity index (χ1n) is 7.34. The van der Waals surface area contributed by atoms with E-state index in [1.165, 1.54) is 14.2 Å². The van der Waals surface area contributed by atoms with Crippen molar-refractivity contribution >= 4 is 22.8 Å². The fraction of sp³-hybridized carbons (Fsp3) is 0.412. The third-order valence-electron chi connectivity index (χ3n) is 4.55. The molecule has 0 saturated heterocycles. The van der Waals surface area contributed by atoms with E-state index in [-0.39, 0.29) is 11.9 Å². The molecule has 0 spiro atoms. The summed E-state index contributed by atoms with van der Waals surface area (Å²) in [5, 5.41) is 0.966. The number of hydrogen-bond acceptors (Lipinski definition) is 4. The number of carbonyl (C=O) groups excluding carboxylic acids is 2. The van der Waals surface area contributed by atoms with E-state index < -0.39 is 17.8 Å². The zero-order valence-electron chi connectivity index (χ0n) is 12.9. The third-order valence-corrected chi connectivity index (χ3v) is 4.55. The number of aromatic nitrogens is 1. The fourth-order valence-electron chi connectivity index (χ4n) is 3.54. The Balaban J connectivity index is 2.24. The Bertz CT molecular complexity index is 733. The summed E-state index contributed by atoms with van der Waals surface area (Å²) in [6.45, 7) is 2.05. The molecule has 1 unspecified atom stereocenters. The van der Waals surface area contributed by atoms with Gasteiger partial charge in [-0.15, -0.1) is 0 Å². The molecule has 2 aromatic rings. The minimum absolute atomic E-state index is 0.146. The molecule has 1 heterocycles. The SMILES string of the molecule is COC(=O)[C@@H]1c2c([nH]c3ccccc23)C(C)C[C@H]1C(=O)OC. The van der Waals surface area contributed by atoms with Crippen LogP contribution in [-0.2, 0) is 19.1 Å². The van der Waals surface area contributed by atoms with E-state index in [0.29, 0.717) is 6.42 Å². The number of benzene rings is 1. The lowest BCUT2D eigenvalue weighted by Crippen LogP contribution is -2.34. The lowest BCUT2D eigenvalue weighted by atomic mass is 9.72. The van der Waals surface area contributed by atoms with Gasteiger partial charge in [0.2, 0.25) is 0 Å². The van der Waals surface area contributed by atoms with E-state index in [2.05, 4.69) is 11.9 Å². The van der Waals surface area contributed by atoms with E-state index in [9.17, 15) is 9.59 Å². The van der Waals surface area contributed by atoms with Gasteiger partial charge >= 0.3 is 11.9 Å². The number of aromatic amines is 1. The van der Waals surface area contributed by atoms with E-state index in [1.807, 2.05) is 24.3 Å². The first kappa shape index (κ1) is 14.6. The smallest absolute Gasteiger partial charge is 0.314 e. The molecule has 1 aliphatic rings. The molecule has 3 rings (SSSR count). The van der Waals surface area contributed by atoms with Gasteiger partial charge in [-0.05, 0) is 24.0 Å². The van der Waals surface area contributed by atoms with E-state index >= 15 is 0 Å². The van der Waals surface area contributed by atoms with Crippen LogP contribution in [0.5, 0.6) is 0 Å². The number of nitrogens with one attached hydrogen (secondary N) is 1. The van der Waals surface area contributed by atoms with Crippen LogP contribution in [0.3, 0.4) is 0 Å². The fourth-order valence-corrected chi connectivity index (χ4v) is 3.54. The van der Waals surface area contributed by atoms with E-state index in [4.69, 9.17) is 9.47 Å². The van der Waals surface area contributed by atoms with Crippen LogP contribution in [0.1, 0.15) is 36.4 Å². The number of methoxy groups -OCH3 is 2. The van der Waals surface area contributed by atoms with Gasteiger partial charge in [0.1, 0.15) is 0 Å². The van der Waals surface area contributed by atoms with Crippen LogP contribution in [-0.4, -0.2) is 31.1 Å². The number of esters is 2. The van der Waals surface area contributed by atoms with Gasteiger partial charge in [0, 0.05) is 16.6 Å². The van der Waals surface area contributed by atoms with Gasteiger partial charge in [0.25, 0.3) is 0 Å². The van der Waals surface area contributed by atoms with E-state index in [1.54, 1.807) is 0 Å². The van der Waals surface area contributed by atoms with Crippen molar-refractivity contribution in [2.75, 3.05) is 14.2 Å². The summed E-state index contributed by atoms with van der Waals surface area (Å²) in [7, 11) is 2.70. The van der Waals surface area contributed by atoms with Crippen molar-refractivity contribution in [3.63, 3.8) is 0 Å². The number of fused-ring (bicyclic) bond motifs is 3. The number of H-pyrrole nitrogens is 1. The van der Waals surface area contributed by atoms with Crippen LogP contribution >= 0.6 is 0 Å². The van der Waals surface area contributed by atoms with Gasteiger partial charge < -0.3 is 14.5 Å². The molecule has 0 saturated carbocycles. The van der Waals surface area contributed by atoms with Crippen LogP contribution in [0, 0.1) is 5.92 Å². The highest BCUT2D eigenvalue weighted by Crippen LogP contribution is 2.46. The van der Waals surface area contributed by atoms with E-state index in [0.717, 1.165) is 22.2 Å². The van der Waals surface area contributed by atoms with Gasteiger partial charge in [0.05, 0.1) is 26.1 Å². The summed E-state index contributed by atoms with van der Waals surface area (Å²) in [5.41, 5.74) is 2.85. The number of hydrogen-bond donors (Lipinski definition) is 1. The molecule has 1 aromatic heterocycles. The predicted molar refractivity (Wildman–Crippen MR) is 81.6 cm³/mol. The van der Waals surface area contributed by atoms with Crippen LogP contribution in [0.15, 0.2) is 24.3 Å². The molecule has 0 radical (unpaired) electrons. The second kappa shape index (κ2) is 5.48. The third kappa shape index (κ3) is 2.08. The molecule has 5 nitrogen and oxygen atoms in total. The van der Waals surface area contributed by atoms with Crippen molar-refractivity contribution < 1.29 is 19.1 Å². The van der Waals surface area contributed by atoms with Crippen molar-refractivity contribution in [1.29, 1.82) is 0 Å². The van der Waals surface area contributed by atoms with Gasteiger partial charge in [-0.3, -0.25) is 9.59 Å². The average Bonchev–Trinajstić information content (AvgIpc) is 2.93. The number of rotatable bonds is 2. The van der Waals surface area contributed by atoms with Crippen molar-refractivity contribution in [2.45, 2.75) is 25.2 Å². The molecule has 0 fully saturated rings. The molecule has 116 valence electrons. The summed E-state index contributed by atoms with van der Waals surface area (Å²) in [6.07, 6.45) is 0.562. The summed E-state index contributed by atoms with van der Waals surface area (Å²) in [6, 6.07) is 7.81. The Hall–Kier alpha value is -2.30. The maximum Gasteiger partial charge on any atom is 0.314 e. The highest BCUT2D eigenvalue weighted by atomic mass is 16.5. The maximum atomic E-state index is 12.4. The van der Waals surface area contributed by atoms with Crippen LogP contribution in [0.25, 0.3) is 10.9 Å². The standard InChI is InChI=1S/C17H19NO4/c1-9-8-11(16(19)21-2)14(17(20)22-3)13-10-6-4-5-7-12(10)18-15(9)13/h4-7,9,11,14,18H,8H2,1-3H3/t9?,11-,14+/m1/s1. The Labute approximate surface area is 128 Å². The normalized spacial score (nSPS) is 23.9. The minimum Gasteiger partial charge on any atom is -0.469 e.